The van der Waals surface area contributed by atoms with Gasteiger partial charge in [-0.2, -0.15) is 0 Å². The van der Waals surface area contributed by atoms with E-state index in [4.69, 9.17) is 14.6 Å². The van der Waals surface area contributed by atoms with Crippen LogP contribution in [0.3, 0.4) is 0 Å². The fraction of sp³-hybridized carbons (Fsp3) is 0.154. The summed E-state index contributed by atoms with van der Waals surface area (Å²) in [6, 6.07) is 6.96. The monoisotopic (exact) mass is 247 g/mol. The molecule has 0 radical (unpaired) electrons. The first-order valence-corrected chi connectivity index (χ1v) is 5.30. The average Bonchev–Trinajstić information content (AvgIpc) is 2.87. The topological polar surface area (TPSA) is 71.5 Å². The quantitative estimate of drug-likeness (QED) is 0.870. The van der Waals surface area contributed by atoms with Crippen LogP contribution >= 0.6 is 0 Å². The first kappa shape index (κ1) is 12.0. The van der Waals surface area contributed by atoms with Crippen molar-refractivity contribution >= 4 is 5.97 Å². The highest BCUT2D eigenvalue weighted by molar-refractivity contribution is 5.94. The number of aromatic nitrogens is 1. The van der Waals surface area contributed by atoms with Gasteiger partial charge in [-0.25, -0.2) is 4.79 Å². The Balaban J connectivity index is 2.55. The molecule has 2 rings (SSSR count). The molecule has 0 atom stereocenters. The lowest BCUT2D eigenvalue weighted by molar-refractivity contribution is 0.0692. The summed E-state index contributed by atoms with van der Waals surface area (Å²) < 4.78 is 10.3. The van der Waals surface area contributed by atoms with E-state index in [1.54, 1.807) is 44.7 Å². The number of carbonyl (C=O) groups is 1. The zero-order valence-electron chi connectivity index (χ0n) is 10.1. The maximum absolute atomic E-state index is 11.1. The van der Waals surface area contributed by atoms with Gasteiger partial charge in [0.15, 0.2) is 0 Å². The van der Waals surface area contributed by atoms with Crippen molar-refractivity contribution < 1.29 is 19.4 Å². The number of nitrogens with one attached hydrogen (secondary N) is 1. The molecule has 0 unspecified atom stereocenters. The summed E-state index contributed by atoms with van der Waals surface area (Å²) in [6.07, 6.45) is 1.59. The zero-order chi connectivity index (χ0) is 13.1. The van der Waals surface area contributed by atoms with Gasteiger partial charge in [-0.1, -0.05) is 0 Å². The molecule has 0 amide bonds. The van der Waals surface area contributed by atoms with Crippen molar-refractivity contribution in [1.82, 2.24) is 4.98 Å². The minimum Gasteiger partial charge on any atom is -0.497 e. The van der Waals surface area contributed by atoms with Crippen LogP contribution in [0, 0.1) is 0 Å². The van der Waals surface area contributed by atoms with Gasteiger partial charge >= 0.3 is 5.97 Å². The lowest BCUT2D eigenvalue weighted by Crippen LogP contribution is -1.99. The molecule has 5 nitrogen and oxygen atoms in total. The Hall–Kier alpha value is -2.43. The largest absolute Gasteiger partial charge is 0.497 e. The van der Waals surface area contributed by atoms with Crippen molar-refractivity contribution in [3.63, 3.8) is 0 Å². The van der Waals surface area contributed by atoms with E-state index in [0.29, 0.717) is 17.1 Å². The van der Waals surface area contributed by atoms with Crippen molar-refractivity contribution in [3.05, 3.63) is 36.2 Å². The number of carboxylic acid groups (broad SMARTS) is 1. The number of aromatic amines is 1. The molecule has 0 bridgehead atoms. The normalized spacial score (nSPS) is 10.1. The number of aromatic carboxylic acids is 1. The maximum atomic E-state index is 11.1. The second-order valence-corrected chi connectivity index (χ2v) is 3.67. The predicted octanol–water partition coefficient (Wildman–Crippen LogP) is 2.40. The number of methoxy groups -OCH3 is 2. The van der Waals surface area contributed by atoms with Crippen LogP contribution in [-0.4, -0.2) is 30.3 Å². The second-order valence-electron chi connectivity index (χ2n) is 3.67. The van der Waals surface area contributed by atoms with Gasteiger partial charge in [-0.05, 0) is 23.8 Å². The van der Waals surface area contributed by atoms with E-state index in [-0.39, 0.29) is 5.69 Å². The van der Waals surface area contributed by atoms with Crippen molar-refractivity contribution in [2.45, 2.75) is 0 Å². The molecule has 0 spiro atoms. The van der Waals surface area contributed by atoms with Gasteiger partial charge in [0.25, 0.3) is 0 Å². The lowest BCUT2D eigenvalue weighted by Gasteiger charge is -2.08. The van der Waals surface area contributed by atoms with Crippen LogP contribution in [0.4, 0.5) is 0 Å². The van der Waals surface area contributed by atoms with Crippen LogP contribution in [0.5, 0.6) is 11.5 Å². The maximum Gasteiger partial charge on any atom is 0.352 e. The summed E-state index contributed by atoms with van der Waals surface area (Å²) in [5.74, 6) is 0.223. The van der Waals surface area contributed by atoms with Gasteiger partial charge in [0, 0.05) is 17.8 Å². The van der Waals surface area contributed by atoms with Crippen LogP contribution in [0.2, 0.25) is 0 Å². The third-order valence-electron chi connectivity index (χ3n) is 2.62. The van der Waals surface area contributed by atoms with Crippen molar-refractivity contribution in [2.24, 2.45) is 0 Å². The molecular formula is C13H13NO4. The number of hydrogen-bond acceptors (Lipinski definition) is 3. The lowest BCUT2D eigenvalue weighted by atomic mass is 10.1. The first-order valence-electron chi connectivity index (χ1n) is 5.30. The van der Waals surface area contributed by atoms with Gasteiger partial charge in [-0.3, -0.25) is 0 Å². The number of hydrogen-bond donors (Lipinski definition) is 2. The summed E-state index contributed by atoms with van der Waals surface area (Å²) in [5.41, 5.74) is 1.47. The molecule has 0 saturated heterocycles. The summed E-state index contributed by atoms with van der Waals surface area (Å²) in [4.78, 5) is 13.8. The number of benzene rings is 1. The Morgan fingerprint density at radius 1 is 1.17 bits per heavy atom. The molecule has 1 aromatic heterocycles. The molecule has 5 heteroatoms. The third kappa shape index (κ3) is 2.15. The van der Waals surface area contributed by atoms with E-state index < -0.39 is 5.97 Å². The summed E-state index contributed by atoms with van der Waals surface area (Å²) in [6.45, 7) is 0. The van der Waals surface area contributed by atoms with E-state index in [2.05, 4.69) is 4.98 Å². The van der Waals surface area contributed by atoms with Gasteiger partial charge in [0.05, 0.1) is 14.2 Å². The fourth-order valence-corrected chi connectivity index (χ4v) is 1.75. The fourth-order valence-electron chi connectivity index (χ4n) is 1.75. The van der Waals surface area contributed by atoms with E-state index in [9.17, 15) is 4.79 Å². The Morgan fingerprint density at radius 2 is 1.78 bits per heavy atom. The zero-order valence-corrected chi connectivity index (χ0v) is 10.1. The van der Waals surface area contributed by atoms with Gasteiger partial charge < -0.3 is 19.6 Å². The minimum absolute atomic E-state index is 0.144. The van der Waals surface area contributed by atoms with E-state index in [1.807, 2.05) is 0 Å². The SMILES string of the molecule is COc1cc(OC)cc(-c2cc[nH]c2C(=O)O)c1. The molecule has 0 aliphatic rings. The van der Waals surface area contributed by atoms with Gasteiger partial charge in [-0.15, -0.1) is 0 Å². The highest BCUT2D eigenvalue weighted by Gasteiger charge is 2.14. The molecule has 0 saturated carbocycles. The van der Waals surface area contributed by atoms with Crippen molar-refractivity contribution in [3.8, 4) is 22.6 Å². The molecule has 94 valence electrons. The Bertz CT molecular complexity index is 552. The molecule has 0 fully saturated rings. The first-order chi connectivity index (χ1) is 8.65. The number of ether oxygens (including phenoxy) is 2. The molecule has 0 aliphatic carbocycles. The summed E-state index contributed by atoms with van der Waals surface area (Å²) >= 11 is 0. The molecular weight excluding hydrogens is 234 g/mol. The van der Waals surface area contributed by atoms with Crippen LogP contribution in [0.1, 0.15) is 10.5 Å². The highest BCUT2D eigenvalue weighted by Crippen LogP contribution is 2.31. The van der Waals surface area contributed by atoms with Crippen LogP contribution in [-0.2, 0) is 0 Å². The van der Waals surface area contributed by atoms with Crippen LogP contribution < -0.4 is 9.47 Å². The van der Waals surface area contributed by atoms with Crippen molar-refractivity contribution in [2.75, 3.05) is 14.2 Å². The minimum atomic E-state index is -1.00. The van der Waals surface area contributed by atoms with Gasteiger partial charge in [0.1, 0.15) is 17.2 Å². The number of carboxylic acids is 1. The highest BCUT2D eigenvalue weighted by atomic mass is 16.5. The van der Waals surface area contributed by atoms with Crippen LogP contribution in [0.25, 0.3) is 11.1 Å². The molecule has 0 aliphatic heterocycles. The number of H-pyrrole nitrogens is 1. The molecule has 2 N–H and O–H groups in total. The van der Waals surface area contributed by atoms with Crippen LogP contribution in [0.15, 0.2) is 30.5 Å². The molecule has 1 heterocycles. The smallest absolute Gasteiger partial charge is 0.352 e. The van der Waals surface area contributed by atoms with Crippen molar-refractivity contribution in [1.29, 1.82) is 0 Å². The molecule has 18 heavy (non-hydrogen) atoms. The molecule has 1 aromatic carbocycles. The molecule has 2 aromatic rings. The second kappa shape index (κ2) is 4.83. The Labute approximate surface area is 104 Å². The summed E-state index contributed by atoms with van der Waals surface area (Å²) in [7, 11) is 3.10. The van der Waals surface area contributed by atoms with E-state index in [0.717, 1.165) is 5.56 Å². The Kier molecular flexibility index (Phi) is 3.23. The summed E-state index contributed by atoms with van der Waals surface area (Å²) in [5, 5.41) is 9.08. The predicted molar refractivity (Wildman–Crippen MR) is 66.3 cm³/mol. The van der Waals surface area contributed by atoms with Gasteiger partial charge in [0.2, 0.25) is 0 Å². The standard InChI is InChI=1S/C13H13NO4/c1-17-9-5-8(6-10(7-9)18-2)11-3-4-14-12(11)13(15)16/h3-7,14H,1-2H3,(H,15,16). The van der Waals surface area contributed by atoms with E-state index in [1.165, 1.54) is 0 Å². The Morgan fingerprint density at radius 3 is 2.28 bits per heavy atom. The van der Waals surface area contributed by atoms with E-state index >= 15 is 0 Å². The number of rotatable bonds is 4. The third-order valence-corrected chi connectivity index (χ3v) is 2.62. The average molecular weight is 247 g/mol.